The third kappa shape index (κ3) is 3.06. The first-order valence-corrected chi connectivity index (χ1v) is 6.22. The molecule has 0 aromatic rings. The molecule has 8 heteroatoms. The van der Waals surface area contributed by atoms with Crippen LogP contribution in [0.15, 0.2) is 0 Å². The first kappa shape index (κ1) is 16.1. The van der Waals surface area contributed by atoms with E-state index in [0.717, 1.165) is 28.4 Å². The molecule has 1 unspecified atom stereocenters. The molecule has 0 heterocycles. The molecule has 0 spiro atoms. The van der Waals surface area contributed by atoms with Gasteiger partial charge in [-0.05, 0) is 6.92 Å². The van der Waals surface area contributed by atoms with Crippen LogP contribution in [-0.2, 0) is 32.7 Å². The molecular formula is C9H17O7P. The smallest absolute Gasteiger partial charge is 0.347 e. The molecule has 0 aliphatic carbocycles. The van der Waals surface area contributed by atoms with E-state index in [9.17, 15) is 14.2 Å². The maximum Gasteiger partial charge on any atom is 0.347 e. The molecule has 0 fully saturated rings. The Balaban J connectivity index is 5.45. The second-order valence-corrected chi connectivity index (χ2v) is 6.09. The van der Waals surface area contributed by atoms with Gasteiger partial charge < -0.3 is 18.5 Å². The van der Waals surface area contributed by atoms with Crippen molar-refractivity contribution in [3.05, 3.63) is 0 Å². The zero-order valence-corrected chi connectivity index (χ0v) is 11.4. The van der Waals surface area contributed by atoms with Gasteiger partial charge in [0, 0.05) is 14.2 Å². The molecule has 0 saturated carbocycles. The van der Waals surface area contributed by atoms with Crippen molar-refractivity contribution in [1.29, 1.82) is 0 Å². The van der Waals surface area contributed by atoms with Crippen molar-refractivity contribution in [3.8, 4) is 0 Å². The molecule has 0 N–H and O–H groups in total. The van der Waals surface area contributed by atoms with Gasteiger partial charge in [0.05, 0.1) is 20.6 Å². The van der Waals surface area contributed by atoms with Crippen molar-refractivity contribution in [2.24, 2.45) is 0 Å². The summed E-state index contributed by atoms with van der Waals surface area (Å²) in [6, 6.07) is 0. The minimum absolute atomic E-state index is 0.463. The lowest BCUT2D eigenvalue weighted by molar-refractivity contribution is -0.150. The maximum atomic E-state index is 12.3. The molecule has 1 atom stereocenters. The van der Waals surface area contributed by atoms with E-state index in [2.05, 4.69) is 9.47 Å². The van der Waals surface area contributed by atoms with Crippen LogP contribution in [0, 0.1) is 0 Å². The predicted octanol–water partition coefficient (Wildman–Crippen LogP) is 0.967. The molecule has 0 aromatic carbocycles. The van der Waals surface area contributed by atoms with Gasteiger partial charge in [-0.2, -0.15) is 0 Å². The summed E-state index contributed by atoms with van der Waals surface area (Å²) < 4.78 is 30.7. The largest absolute Gasteiger partial charge is 0.469 e. The van der Waals surface area contributed by atoms with Crippen molar-refractivity contribution in [2.45, 2.75) is 18.5 Å². The summed E-state index contributed by atoms with van der Waals surface area (Å²) in [5, 5.41) is -1.74. The SMILES string of the molecule is COC(=O)CC(C)(C(=O)OC)P(=O)(OC)OC. The highest BCUT2D eigenvalue weighted by molar-refractivity contribution is 7.56. The minimum atomic E-state index is -3.82. The van der Waals surface area contributed by atoms with Crippen molar-refractivity contribution in [3.63, 3.8) is 0 Å². The van der Waals surface area contributed by atoms with Crippen LogP contribution in [0.4, 0.5) is 0 Å². The summed E-state index contributed by atoms with van der Waals surface area (Å²) in [6.07, 6.45) is -0.463. The lowest BCUT2D eigenvalue weighted by atomic mass is 10.1. The van der Waals surface area contributed by atoms with Crippen LogP contribution in [0.5, 0.6) is 0 Å². The number of methoxy groups -OCH3 is 2. The molecule has 0 rings (SSSR count). The Bertz CT molecular complexity index is 332. The fourth-order valence-corrected chi connectivity index (χ4v) is 2.92. The van der Waals surface area contributed by atoms with E-state index < -0.39 is 31.1 Å². The van der Waals surface area contributed by atoms with Crippen LogP contribution in [0.3, 0.4) is 0 Å². The standard InChI is InChI=1S/C9H17O7P/c1-9(8(11)14-3,6-7(10)13-2)17(12,15-4)16-5/h6H2,1-5H3. The number of rotatable bonds is 6. The summed E-state index contributed by atoms with van der Waals surface area (Å²) >= 11 is 0. The van der Waals surface area contributed by atoms with E-state index in [1.165, 1.54) is 6.92 Å². The quantitative estimate of drug-likeness (QED) is 0.523. The van der Waals surface area contributed by atoms with Gasteiger partial charge in [0.2, 0.25) is 0 Å². The predicted molar refractivity (Wildman–Crippen MR) is 58.7 cm³/mol. The number of ether oxygens (including phenoxy) is 2. The van der Waals surface area contributed by atoms with Crippen LogP contribution in [0.1, 0.15) is 13.3 Å². The van der Waals surface area contributed by atoms with Crippen molar-refractivity contribution in [2.75, 3.05) is 28.4 Å². The zero-order chi connectivity index (χ0) is 13.7. The fraction of sp³-hybridized carbons (Fsp3) is 0.778. The fourth-order valence-electron chi connectivity index (χ4n) is 1.33. The van der Waals surface area contributed by atoms with Gasteiger partial charge in [-0.15, -0.1) is 0 Å². The summed E-state index contributed by atoms with van der Waals surface area (Å²) in [6.45, 7) is 1.27. The van der Waals surface area contributed by atoms with Crippen LogP contribution >= 0.6 is 7.60 Å². The monoisotopic (exact) mass is 268 g/mol. The topological polar surface area (TPSA) is 88.1 Å². The summed E-state index contributed by atoms with van der Waals surface area (Å²) in [4.78, 5) is 23.0. The average Bonchev–Trinajstić information content (AvgIpc) is 2.35. The van der Waals surface area contributed by atoms with E-state index in [1.807, 2.05) is 0 Å². The summed E-state index contributed by atoms with van der Waals surface area (Å²) in [5.74, 6) is -1.58. The van der Waals surface area contributed by atoms with Gasteiger partial charge in [-0.25, -0.2) is 0 Å². The molecule has 0 amide bonds. The molecule has 0 aliphatic rings. The third-order valence-electron chi connectivity index (χ3n) is 2.43. The molecular weight excluding hydrogens is 251 g/mol. The van der Waals surface area contributed by atoms with E-state index in [1.54, 1.807) is 0 Å². The second-order valence-electron chi connectivity index (χ2n) is 3.38. The summed E-state index contributed by atoms with van der Waals surface area (Å²) in [7, 11) is 0.713. The van der Waals surface area contributed by atoms with E-state index in [0.29, 0.717) is 0 Å². The lowest BCUT2D eigenvalue weighted by Gasteiger charge is -2.30. The van der Waals surface area contributed by atoms with E-state index in [-0.39, 0.29) is 0 Å². The van der Waals surface area contributed by atoms with E-state index >= 15 is 0 Å². The highest BCUT2D eigenvalue weighted by Gasteiger charge is 2.55. The first-order valence-electron chi connectivity index (χ1n) is 4.68. The number of esters is 2. The Morgan fingerprint density at radius 1 is 1.06 bits per heavy atom. The lowest BCUT2D eigenvalue weighted by Crippen LogP contribution is -2.39. The third-order valence-corrected chi connectivity index (χ3v) is 4.94. The van der Waals surface area contributed by atoms with Crippen LogP contribution in [-0.4, -0.2) is 45.5 Å². The van der Waals surface area contributed by atoms with Crippen LogP contribution < -0.4 is 0 Å². The van der Waals surface area contributed by atoms with E-state index in [4.69, 9.17) is 9.05 Å². The van der Waals surface area contributed by atoms with Crippen molar-refractivity contribution in [1.82, 2.24) is 0 Å². The van der Waals surface area contributed by atoms with Gasteiger partial charge >= 0.3 is 19.5 Å². The minimum Gasteiger partial charge on any atom is -0.469 e. The molecule has 0 saturated heterocycles. The molecule has 0 bridgehead atoms. The van der Waals surface area contributed by atoms with Gasteiger partial charge in [0.15, 0.2) is 5.16 Å². The molecule has 100 valence electrons. The molecule has 0 radical (unpaired) electrons. The highest BCUT2D eigenvalue weighted by Crippen LogP contribution is 2.60. The van der Waals surface area contributed by atoms with Gasteiger partial charge in [-0.3, -0.25) is 14.2 Å². The Morgan fingerprint density at radius 3 is 1.82 bits per heavy atom. The zero-order valence-electron chi connectivity index (χ0n) is 10.5. The summed E-state index contributed by atoms with van der Waals surface area (Å²) in [5.41, 5.74) is 0. The molecule has 0 aliphatic heterocycles. The highest BCUT2D eigenvalue weighted by atomic mass is 31.2. The van der Waals surface area contributed by atoms with Crippen LogP contribution in [0.25, 0.3) is 0 Å². The number of hydrogen-bond acceptors (Lipinski definition) is 7. The number of carbonyl (C=O) groups excluding carboxylic acids is 2. The average molecular weight is 268 g/mol. The molecule has 0 aromatic heterocycles. The molecule has 7 nitrogen and oxygen atoms in total. The van der Waals surface area contributed by atoms with Gasteiger partial charge in [0.1, 0.15) is 0 Å². The molecule has 17 heavy (non-hydrogen) atoms. The Morgan fingerprint density at radius 2 is 1.53 bits per heavy atom. The number of carbonyl (C=O) groups is 2. The van der Waals surface area contributed by atoms with Gasteiger partial charge in [-0.1, -0.05) is 0 Å². The van der Waals surface area contributed by atoms with Crippen molar-refractivity contribution >= 4 is 19.5 Å². The first-order chi connectivity index (χ1) is 7.81. The number of hydrogen-bond donors (Lipinski definition) is 0. The Labute approximate surface area is 99.9 Å². The normalized spacial score (nSPS) is 14.9. The van der Waals surface area contributed by atoms with Crippen molar-refractivity contribution < 1.29 is 32.7 Å². The Hall–Kier alpha value is -0.910. The van der Waals surface area contributed by atoms with Crippen LogP contribution in [0.2, 0.25) is 0 Å². The maximum absolute atomic E-state index is 12.3. The van der Waals surface area contributed by atoms with Gasteiger partial charge in [0.25, 0.3) is 0 Å². The Kier molecular flexibility index (Phi) is 5.81. The second kappa shape index (κ2) is 6.14.